The fourth-order valence-corrected chi connectivity index (χ4v) is 4.43. The number of amides is 1. The topological polar surface area (TPSA) is 51.2 Å². The van der Waals surface area contributed by atoms with Crippen LogP contribution in [0.3, 0.4) is 0 Å². The number of fused-ring (bicyclic) bond motifs is 1. The normalized spacial score (nSPS) is 10.9. The van der Waals surface area contributed by atoms with Crippen molar-refractivity contribution in [1.29, 1.82) is 0 Å². The molecule has 0 fully saturated rings. The second-order valence-corrected chi connectivity index (χ2v) is 8.06. The Morgan fingerprint density at radius 3 is 2.55 bits per heavy atom. The zero-order valence-corrected chi connectivity index (χ0v) is 17.7. The van der Waals surface area contributed by atoms with Crippen molar-refractivity contribution in [2.45, 2.75) is 6.92 Å². The van der Waals surface area contributed by atoms with Crippen molar-refractivity contribution in [3.8, 4) is 16.3 Å². The highest BCUT2D eigenvalue weighted by Crippen LogP contribution is 2.39. The molecule has 0 aliphatic rings. The summed E-state index contributed by atoms with van der Waals surface area (Å²) in [6.45, 7) is 2.48. The van der Waals surface area contributed by atoms with Gasteiger partial charge in [-0.1, -0.05) is 35.3 Å². The highest BCUT2D eigenvalue weighted by molar-refractivity contribution is 7.21. The average Bonchev–Trinajstić information content (AvgIpc) is 3.14. The minimum absolute atomic E-state index is 0.271. The zero-order valence-electron chi connectivity index (χ0n) is 15.4. The van der Waals surface area contributed by atoms with E-state index in [9.17, 15) is 4.79 Å². The van der Waals surface area contributed by atoms with E-state index in [1.54, 1.807) is 36.4 Å². The molecular formula is C22H16Cl2N2O2S. The van der Waals surface area contributed by atoms with Crippen LogP contribution in [0.1, 0.15) is 17.3 Å². The van der Waals surface area contributed by atoms with Gasteiger partial charge >= 0.3 is 0 Å². The summed E-state index contributed by atoms with van der Waals surface area (Å²) in [5, 5.41) is 4.46. The van der Waals surface area contributed by atoms with Gasteiger partial charge in [-0.05, 0) is 55.5 Å². The Bertz CT molecular complexity index is 1160. The molecule has 0 aliphatic heterocycles. The molecule has 1 aromatic heterocycles. The van der Waals surface area contributed by atoms with Gasteiger partial charge in [0, 0.05) is 11.1 Å². The lowest BCUT2D eigenvalue weighted by Gasteiger charge is -2.11. The summed E-state index contributed by atoms with van der Waals surface area (Å²) in [4.78, 5) is 17.3. The third-order valence-electron chi connectivity index (χ3n) is 4.26. The molecular weight excluding hydrogens is 427 g/mol. The fourth-order valence-electron chi connectivity index (χ4n) is 2.86. The van der Waals surface area contributed by atoms with Gasteiger partial charge in [0.1, 0.15) is 10.8 Å². The monoisotopic (exact) mass is 442 g/mol. The van der Waals surface area contributed by atoms with Crippen molar-refractivity contribution in [1.82, 2.24) is 4.98 Å². The van der Waals surface area contributed by atoms with Gasteiger partial charge in [0.25, 0.3) is 5.91 Å². The van der Waals surface area contributed by atoms with E-state index in [1.165, 1.54) is 11.3 Å². The van der Waals surface area contributed by atoms with Gasteiger partial charge in [0.05, 0.1) is 32.6 Å². The number of para-hydroxylation sites is 1. The molecule has 0 spiro atoms. The number of halogens is 2. The Balaban J connectivity index is 1.63. The summed E-state index contributed by atoms with van der Waals surface area (Å²) >= 11 is 14.3. The first-order valence-electron chi connectivity index (χ1n) is 8.94. The molecule has 1 N–H and O–H groups in total. The number of carbonyl (C=O) groups excluding carboxylic acids is 1. The fraction of sp³-hybridized carbons (Fsp3) is 0.0909. The van der Waals surface area contributed by atoms with Crippen molar-refractivity contribution < 1.29 is 9.53 Å². The van der Waals surface area contributed by atoms with Crippen molar-refractivity contribution in [3.63, 3.8) is 0 Å². The van der Waals surface area contributed by atoms with Crippen LogP contribution in [-0.4, -0.2) is 17.5 Å². The first-order valence-corrected chi connectivity index (χ1v) is 10.5. The Morgan fingerprint density at radius 2 is 1.83 bits per heavy atom. The first kappa shape index (κ1) is 19.7. The van der Waals surface area contributed by atoms with E-state index in [0.717, 1.165) is 20.8 Å². The van der Waals surface area contributed by atoms with E-state index in [2.05, 4.69) is 10.3 Å². The molecule has 146 valence electrons. The number of rotatable bonds is 5. The molecule has 4 rings (SSSR count). The Labute approximate surface area is 182 Å². The van der Waals surface area contributed by atoms with Crippen LogP contribution < -0.4 is 10.1 Å². The maximum absolute atomic E-state index is 12.7. The van der Waals surface area contributed by atoms with E-state index in [4.69, 9.17) is 27.9 Å². The Hall–Kier alpha value is -2.60. The van der Waals surface area contributed by atoms with E-state index in [0.29, 0.717) is 33.7 Å². The number of anilines is 1. The molecule has 0 radical (unpaired) electrons. The summed E-state index contributed by atoms with van der Waals surface area (Å²) in [7, 11) is 0. The van der Waals surface area contributed by atoms with Crippen molar-refractivity contribution in [2.24, 2.45) is 0 Å². The number of aromatic nitrogens is 1. The molecule has 29 heavy (non-hydrogen) atoms. The molecule has 3 aromatic carbocycles. The van der Waals surface area contributed by atoms with Gasteiger partial charge in [-0.25, -0.2) is 4.98 Å². The van der Waals surface area contributed by atoms with Gasteiger partial charge in [-0.2, -0.15) is 0 Å². The molecule has 0 bridgehead atoms. The third-order valence-corrected chi connectivity index (χ3v) is 5.95. The van der Waals surface area contributed by atoms with Gasteiger partial charge in [-0.3, -0.25) is 4.79 Å². The van der Waals surface area contributed by atoms with E-state index >= 15 is 0 Å². The van der Waals surface area contributed by atoms with E-state index in [-0.39, 0.29) is 5.91 Å². The number of nitrogens with one attached hydrogen (secondary N) is 1. The van der Waals surface area contributed by atoms with Crippen molar-refractivity contribution >= 4 is 56.3 Å². The highest BCUT2D eigenvalue weighted by atomic mass is 35.5. The SMILES string of the molecule is CCOc1ccc(C(=O)Nc2cc(-c3nc4ccccc4s3)c(Cl)cc2Cl)cc1. The average molecular weight is 443 g/mol. The molecule has 7 heteroatoms. The van der Waals surface area contributed by atoms with Crippen LogP contribution in [0.2, 0.25) is 10.0 Å². The minimum atomic E-state index is -0.271. The quantitative estimate of drug-likeness (QED) is 0.364. The van der Waals surface area contributed by atoms with Crippen LogP contribution in [0.5, 0.6) is 5.75 Å². The standard InChI is InChI=1S/C22H16Cl2N2O2S/c1-2-28-14-9-7-13(8-10-14)21(27)25-19-11-15(16(23)12-17(19)24)22-26-18-5-3-4-6-20(18)29-22/h3-12H,2H2,1H3,(H,25,27). The summed E-state index contributed by atoms with van der Waals surface area (Å²) in [6, 6.07) is 18.2. The van der Waals surface area contributed by atoms with Gasteiger partial charge in [-0.15, -0.1) is 11.3 Å². The lowest BCUT2D eigenvalue weighted by Crippen LogP contribution is -2.12. The predicted octanol–water partition coefficient (Wildman–Crippen LogP) is 6.92. The van der Waals surface area contributed by atoms with Crippen molar-refractivity contribution in [2.75, 3.05) is 11.9 Å². The molecule has 0 saturated carbocycles. The second-order valence-electron chi connectivity index (χ2n) is 6.21. The minimum Gasteiger partial charge on any atom is -0.494 e. The van der Waals surface area contributed by atoms with Crippen molar-refractivity contribution in [3.05, 3.63) is 76.3 Å². The smallest absolute Gasteiger partial charge is 0.255 e. The summed E-state index contributed by atoms with van der Waals surface area (Å²) in [6.07, 6.45) is 0. The first-order chi connectivity index (χ1) is 14.0. The van der Waals surface area contributed by atoms with Gasteiger partial charge in [0.2, 0.25) is 0 Å². The highest BCUT2D eigenvalue weighted by Gasteiger charge is 2.15. The largest absolute Gasteiger partial charge is 0.494 e. The maximum atomic E-state index is 12.7. The van der Waals surface area contributed by atoms with Crippen LogP contribution in [0.4, 0.5) is 5.69 Å². The lowest BCUT2D eigenvalue weighted by molar-refractivity contribution is 0.102. The number of ether oxygens (including phenoxy) is 1. The summed E-state index contributed by atoms with van der Waals surface area (Å²) < 4.78 is 6.47. The van der Waals surface area contributed by atoms with Crippen LogP contribution in [0, 0.1) is 0 Å². The van der Waals surface area contributed by atoms with E-state index < -0.39 is 0 Å². The number of carbonyl (C=O) groups is 1. The number of hydrogen-bond donors (Lipinski definition) is 1. The van der Waals surface area contributed by atoms with Crippen LogP contribution in [0.15, 0.2) is 60.7 Å². The lowest BCUT2D eigenvalue weighted by atomic mass is 10.1. The third kappa shape index (κ3) is 4.22. The molecule has 0 unspecified atom stereocenters. The zero-order chi connectivity index (χ0) is 20.4. The predicted molar refractivity (Wildman–Crippen MR) is 121 cm³/mol. The molecule has 1 amide bonds. The molecule has 4 nitrogen and oxygen atoms in total. The summed E-state index contributed by atoms with van der Waals surface area (Å²) in [5.74, 6) is 0.444. The van der Waals surface area contributed by atoms with Gasteiger partial charge in [0.15, 0.2) is 0 Å². The second kappa shape index (κ2) is 8.41. The van der Waals surface area contributed by atoms with Crippen LogP contribution in [0.25, 0.3) is 20.8 Å². The Kier molecular flexibility index (Phi) is 5.72. The molecule has 0 saturated heterocycles. The molecule has 1 heterocycles. The van der Waals surface area contributed by atoms with Crippen LogP contribution in [-0.2, 0) is 0 Å². The Morgan fingerprint density at radius 1 is 1.07 bits per heavy atom. The molecule has 0 aliphatic carbocycles. The number of thiazole rings is 1. The number of nitrogens with zero attached hydrogens (tertiary/aromatic N) is 1. The molecule has 0 atom stereocenters. The summed E-state index contributed by atoms with van der Waals surface area (Å²) in [5.41, 5.74) is 2.60. The van der Waals surface area contributed by atoms with E-state index in [1.807, 2.05) is 31.2 Å². The molecule has 4 aromatic rings. The maximum Gasteiger partial charge on any atom is 0.255 e. The van der Waals surface area contributed by atoms with Crippen LogP contribution >= 0.6 is 34.5 Å². The number of hydrogen-bond acceptors (Lipinski definition) is 4. The van der Waals surface area contributed by atoms with Gasteiger partial charge < -0.3 is 10.1 Å². The number of benzene rings is 3.